The number of benzene rings is 4. The van der Waals surface area contributed by atoms with Crippen LogP contribution in [0.4, 0.5) is 16.6 Å². The molecule has 0 radical (unpaired) electrons. The molecule has 1 atom stereocenters. The first-order valence-electron chi connectivity index (χ1n) is 24.9. The normalized spacial score (nSPS) is 19.5. The number of pyridine rings is 1. The fraction of sp³-hybridized carbons (Fsp3) is 0.364. The van der Waals surface area contributed by atoms with Gasteiger partial charge in [-0.3, -0.25) is 34.5 Å². The number of hydrogen-bond donors (Lipinski definition) is 4. The zero-order chi connectivity index (χ0) is 49.6. The average molecular weight is 988 g/mol. The minimum atomic E-state index is -1.83. The van der Waals surface area contributed by atoms with Crippen LogP contribution in [0.3, 0.4) is 0 Å². The number of thiazole rings is 1. The highest BCUT2D eigenvalue weighted by atomic mass is 32.1. The van der Waals surface area contributed by atoms with Crippen molar-refractivity contribution in [3.05, 3.63) is 125 Å². The van der Waals surface area contributed by atoms with Crippen LogP contribution in [0.25, 0.3) is 32.2 Å². The van der Waals surface area contributed by atoms with Crippen molar-refractivity contribution in [2.24, 2.45) is 13.0 Å². The van der Waals surface area contributed by atoms with E-state index in [2.05, 4.69) is 37.6 Å². The van der Waals surface area contributed by atoms with Crippen molar-refractivity contribution in [3.8, 4) is 16.9 Å². The number of piperidine rings is 1. The Hall–Kier alpha value is -7.21. The first-order valence-corrected chi connectivity index (χ1v) is 25.7. The van der Waals surface area contributed by atoms with Crippen molar-refractivity contribution in [1.82, 2.24) is 30.0 Å². The molecule has 2 saturated heterocycles. The van der Waals surface area contributed by atoms with Crippen LogP contribution in [-0.4, -0.2) is 97.3 Å². The Kier molecular flexibility index (Phi) is 12.9. The molecule has 6 heterocycles. The number of nitrogens with one attached hydrogen (secondary N) is 2. The number of fused-ring (bicyclic) bond motifs is 3. The Balaban J connectivity index is 0.688. The van der Waals surface area contributed by atoms with Gasteiger partial charge in [0.25, 0.3) is 5.91 Å². The number of carbonyl (C=O) groups excluding carboxylic acids is 4. The first kappa shape index (κ1) is 47.1. The summed E-state index contributed by atoms with van der Waals surface area (Å²) in [5.74, 6) is 0.576. The summed E-state index contributed by atoms with van der Waals surface area (Å²) in [6.45, 7) is 5.77. The van der Waals surface area contributed by atoms with E-state index in [1.54, 1.807) is 4.68 Å². The van der Waals surface area contributed by atoms with Crippen LogP contribution >= 0.6 is 11.3 Å². The van der Waals surface area contributed by atoms with Crippen LogP contribution < -0.4 is 25.2 Å². The van der Waals surface area contributed by atoms with Crippen LogP contribution in [0.15, 0.2) is 91.0 Å². The second-order valence-electron chi connectivity index (χ2n) is 19.5. The average Bonchev–Trinajstić information content (AvgIpc) is 3.96. The van der Waals surface area contributed by atoms with Gasteiger partial charge in [0.05, 0.1) is 33.4 Å². The molecule has 17 heteroatoms. The van der Waals surface area contributed by atoms with Gasteiger partial charge in [-0.1, -0.05) is 47.7 Å². The van der Waals surface area contributed by atoms with E-state index in [1.165, 1.54) is 11.3 Å². The van der Waals surface area contributed by atoms with Crippen molar-refractivity contribution in [2.45, 2.75) is 83.1 Å². The molecule has 1 aliphatic carbocycles. The van der Waals surface area contributed by atoms with Crippen LogP contribution in [-0.2, 0) is 34.4 Å². The maximum absolute atomic E-state index is 13.7. The number of aliphatic hydroxyl groups excluding tert-OH is 1. The molecule has 3 aliphatic heterocycles. The third-order valence-corrected chi connectivity index (χ3v) is 16.0. The van der Waals surface area contributed by atoms with Gasteiger partial charge in [0.1, 0.15) is 17.3 Å². The minimum absolute atomic E-state index is 0.00993. The minimum Gasteiger partial charge on any atom is -0.490 e. The van der Waals surface area contributed by atoms with Gasteiger partial charge in [-0.2, -0.15) is 5.10 Å². The lowest BCUT2D eigenvalue weighted by atomic mass is 9.85. The molecule has 11 rings (SSSR count). The summed E-state index contributed by atoms with van der Waals surface area (Å²) in [4.78, 5) is 67.4. The third-order valence-electron chi connectivity index (χ3n) is 15.1. The van der Waals surface area contributed by atoms with Crippen LogP contribution in [0.5, 0.6) is 5.75 Å². The summed E-state index contributed by atoms with van der Waals surface area (Å²) in [5, 5.41) is 33.1. The van der Waals surface area contributed by atoms with E-state index >= 15 is 0 Å². The molecule has 1 saturated carbocycles. The molecule has 72 heavy (non-hydrogen) atoms. The Morgan fingerprint density at radius 2 is 1.65 bits per heavy atom. The largest absolute Gasteiger partial charge is 0.490 e. The number of aromatic nitrogens is 4. The molecule has 0 bridgehead atoms. The molecule has 370 valence electrons. The van der Waals surface area contributed by atoms with Gasteiger partial charge in [0, 0.05) is 81.4 Å². The van der Waals surface area contributed by atoms with E-state index in [0.717, 1.165) is 93.6 Å². The quantitative estimate of drug-likeness (QED) is 0.0736. The number of rotatable bonds is 11. The lowest BCUT2D eigenvalue weighted by Gasteiger charge is -2.37. The first-order chi connectivity index (χ1) is 34.9. The van der Waals surface area contributed by atoms with Gasteiger partial charge in [-0.05, 0) is 128 Å². The summed E-state index contributed by atoms with van der Waals surface area (Å²) in [5.41, 5.74) is 8.47. The summed E-state index contributed by atoms with van der Waals surface area (Å²) < 4.78 is 9.46. The fourth-order valence-corrected chi connectivity index (χ4v) is 11.9. The summed E-state index contributed by atoms with van der Waals surface area (Å²) in [7, 11) is 1.87. The molecule has 1 unspecified atom stereocenters. The summed E-state index contributed by atoms with van der Waals surface area (Å²) >= 11 is 1.43. The summed E-state index contributed by atoms with van der Waals surface area (Å²) in [6.07, 6.45) is 3.57. The number of aliphatic hydroxyl groups is 2. The number of aryl methyl sites for hydroxylation is 1. The monoisotopic (exact) mass is 987 g/mol. The van der Waals surface area contributed by atoms with Gasteiger partial charge >= 0.3 is 0 Å². The summed E-state index contributed by atoms with van der Waals surface area (Å²) in [6, 6.07) is 29.3. The van der Waals surface area contributed by atoms with E-state index in [-0.39, 0.29) is 41.3 Å². The molecule has 4 aromatic carbocycles. The Morgan fingerprint density at radius 1 is 0.847 bits per heavy atom. The number of imide groups is 1. The third kappa shape index (κ3) is 9.39. The highest BCUT2D eigenvalue weighted by Gasteiger charge is 2.33. The van der Waals surface area contributed by atoms with Gasteiger partial charge in [0.2, 0.25) is 17.7 Å². The zero-order valence-corrected chi connectivity index (χ0v) is 41.2. The second-order valence-corrected chi connectivity index (χ2v) is 20.5. The molecule has 3 aromatic heterocycles. The maximum Gasteiger partial charge on any atom is 0.257 e. The number of nitrogens with zero attached hydrogens (tertiary/aromatic N) is 7. The number of para-hydroxylation sites is 1. The van der Waals surface area contributed by atoms with Crippen LogP contribution in [0.1, 0.15) is 95.6 Å². The topological polar surface area (TPSA) is 195 Å². The smallest absolute Gasteiger partial charge is 0.257 e. The van der Waals surface area contributed by atoms with Crippen molar-refractivity contribution < 1.29 is 34.1 Å². The molecule has 3 fully saturated rings. The van der Waals surface area contributed by atoms with Gasteiger partial charge in [-0.15, -0.1) is 0 Å². The maximum atomic E-state index is 13.7. The zero-order valence-electron chi connectivity index (χ0n) is 40.3. The lowest BCUT2D eigenvalue weighted by Crippen LogP contribution is -2.49. The molecular weight excluding hydrogens is 931 g/mol. The molecule has 4 amide bonds. The highest BCUT2D eigenvalue weighted by molar-refractivity contribution is 7.22. The SMILES string of the molecule is Cc1c(OC2CCC(CC(=O)N3CCN(c4ccc5c(C6CCC(=O)NC6=O)nn(C)c5c4)CC3)CC2)cccc1-c1ccc(N2CCc3cccc(C(=O)Nc4nc5ccccc5s4)c3C2)nc1C(O)O. The number of hydrogen-bond acceptors (Lipinski definition) is 13. The standard InChI is InChI=1S/C55H57N9O7S/c1-32-37(38-19-21-47(57-51(38)54(69)70)64-24-23-34-7-5-9-39(42(34)31-64)52(67)59-55-56-43-10-3-4-12-46(43)72-55)8-6-11-45(32)71-36-16-13-33(14-17-36)29-49(66)63-27-25-62(26-28-63)35-15-18-40-44(30-35)61(2)60-50(40)41-20-22-48(65)58-53(41)68/h3-12,15,18-19,21,30,33,36,41,54,69-70H,13-14,16-17,20,22-29,31H2,1-2H3,(H,56,59,67)(H,58,65,68). The predicted octanol–water partition coefficient (Wildman–Crippen LogP) is 7.55. The number of carbonyl (C=O) groups is 4. The number of ether oxygens (including phenoxy) is 1. The van der Waals surface area contributed by atoms with E-state index < -0.39 is 12.2 Å². The highest BCUT2D eigenvalue weighted by Crippen LogP contribution is 2.39. The Bertz CT molecular complexity index is 3210. The Labute approximate surface area is 420 Å². The van der Waals surface area contributed by atoms with Crippen LogP contribution in [0, 0.1) is 12.8 Å². The van der Waals surface area contributed by atoms with E-state index in [0.29, 0.717) is 79.6 Å². The Morgan fingerprint density at radius 3 is 2.44 bits per heavy atom. The van der Waals surface area contributed by atoms with Crippen LogP contribution in [0.2, 0.25) is 0 Å². The van der Waals surface area contributed by atoms with E-state index in [1.807, 2.05) is 97.7 Å². The van der Waals surface area contributed by atoms with Crippen molar-refractivity contribution in [1.29, 1.82) is 0 Å². The fourth-order valence-electron chi connectivity index (χ4n) is 11.1. The lowest BCUT2D eigenvalue weighted by molar-refractivity contribution is -0.134. The van der Waals surface area contributed by atoms with Gasteiger partial charge < -0.3 is 29.6 Å². The van der Waals surface area contributed by atoms with Crippen molar-refractivity contribution in [3.63, 3.8) is 0 Å². The predicted molar refractivity (Wildman–Crippen MR) is 276 cm³/mol. The molecule has 7 aromatic rings. The second kappa shape index (κ2) is 19.8. The van der Waals surface area contributed by atoms with Gasteiger partial charge in [0.15, 0.2) is 11.4 Å². The molecule has 0 spiro atoms. The molecule has 4 N–H and O–H groups in total. The molecule has 4 aliphatic rings. The van der Waals surface area contributed by atoms with Gasteiger partial charge in [-0.25, -0.2) is 9.97 Å². The van der Waals surface area contributed by atoms with Crippen molar-refractivity contribution >= 4 is 72.7 Å². The van der Waals surface area contributed by atoms with E-state index in [9.17, 15) is 29.4 Å². The molecular formula is C55H57N9O7S. The number of amides is 4. The number of piperazine rings is 1. The van der Waals surface area contributed by atoms with Crippen molar-refractivity contribution in [2.75, 3.05) is 47.8 Å². The number of anilines is 3. The van der Waals surface area contributed by atoms with E-state index in [4.69, 9.17) is 14.8 Å². The molecule has 16 nitrogen and oxygen atoms in total.